The highest BCUT2D eigenvalue weighted by atomic mass is 32.2. The van der Waals surface area contributed by atoms with Crippen molar-refractivity contribution in [1.29, 1.82) is 0 Å². The number of thioether (sulfide) groups is 1. The van der Waals surface area contributed by atoms with Gasteiger partial charge in [0.1, 0.15) is 6.04 Å². The molecule has 3 N–H and O–H groups in total. The van der Waals surface area contributed by atoms with Gasteiger partial charge in [0.25, 0.3) is 0 Å². The molecule has 0 rings (SSSR count). The maximum Gasteiger partial charge on any atom is 0.326 e. The molecular formula is C12H20N2O3S. The molecule has 5 nitrogen and oxygen atoms in total. The van der Waals surface area contributed by atoms with Crippen molar-refractivity contribution in [2.24, 2.45) is 5.92 Å². The summed E-state index contributed by atoms with van der Waals surface area (Å²) in [4.78, 5) is 22.4. The van der Waals surface area contributed by atoms with Gasteiger partial charge in [0, 0.05) is 12.3 Å². The molecule has 0 radical (unpaired) electrons. The number of amides is 2. The number of aliphatic carboxylic acids is 1. The first kappa shape index (κ1) is 16.6. The second-order valence-corrected chi connectivity index (χ2v) is 5.28. The third kappa shape index (κ3) is 8.76. The number of hydrogen-bond donors (Lipinski definition) is 3. The molecule has 0 aromatic heterocycles. The Labute approximate surface area is 112 Å². The number of carboxylic acids is 1. The minimum absolute atomic E-state index is 0.206. The van der Waals surface area contributed by atoms with Crippen LogP contribution in [-0.2, 0) is 4.79 Å². The molecule has 0 saturated carbocycles. The van der Waals surface area contributed by atoms with E-state index in [4.69, 9.17) is 11.5 Å². The second kappa shape index (κ2) is 9.66. The van der Waals surface area contributed by atoms with Crippen LogP contribution in [-0.4, -0.2) is 41.2 Å². The first-order valence-electron chi connectivity index (χ1n) is 5.75. The van der Waals surface area contributed by atoms with Gasteiger partial charge >= 0.3 is 12.0 Å². The second-order valence-electron chi connectivity index (χ2n) is 4.18. The van der Waals surface area contributed by atoms with Gasteiger partial charge in [-0.05, 0) is 12.3 Å². The number of nitrogens with one attached hydrogen (secondary N) is 2. The average molecular weight is 272 g/mol. The molecule has 0 saturated heterocycles. The number of carboxylic acid groups (broad SMARTS) is 1. The van der Waals surface area contributed by atoms with E-state index in [-0.39, 0.29) is 5.92 Å². The highest BCUT2D eigenvalue weighted by molar-refractivity contribution is 7.99. The van der Waals surface area contributed by atoms with Crippen molar-refractivity contribution in [3.8, 4) is 12.3 Å². The van der Waals surface area contributed by atoms with Crippen LogP contribution in [0.5, 0.6) is 0 Å². The molecule has 0 aliphatic carbocycles. The number of terminal acetylenes is 1. The predicted molar refractivity (Wildman–Crippen MR) is 73.6 cm³/mol. The SMILES string of the molecule is C#CCSCCNC(=O)N[C@@H](CC(C)C)C(=O)O. The normalized spacial score (nSPS) is 11.7. The van der Waals surface area contributed by atoms with Crippen molar-refractivity contribution >= 4 is 23.8 Å². The Morgan fingerprint density at radius 1 is 1.44 bits per heavy atom. The predicted octanol–water partition coefficient (Wildman–Crippen LogP) is 1.15. The Hall–Kier alpha value is -1.35. The maximum atomic E-state index is 11.4. The monoisotopic (exact) mass is 272 g/mol. The summed E-state index contributed by atoms with van der Waals surface area (Å²) in [6.45, 7) is 4.28. The number of hydrogen-bond acceptors (Lipinski definition) is 3. The quantitative estimate of drug-likeness (QED) is 0.457. The minimum atomic E-state index is -1.01. The molecule has 0 fully saturated rings. The molecule has 18 heavy (non-hydrogen) atoms. The molecule has 1 atom stereocenters. The van der Waals surface area contributed by atoms with Gasteiger partial charge in [-0.2, -0.15) is 0 Å². The summed E-state index contributed by atoms with van der Waals surface area (Å²) >= 11 is 1.54. The van der Waals surface area contributed by atoms with Gasteiger partial charge in [0.15, 0.2) is 0 Å². The molecule has 0 spiro atoms. The molecule has 102 valence electrons. The lowest BCUT2D eigenvalue weighted by atomic mass is 10.0. The molecule has 2 amide bonds. The summed E-state index contributed by atoms with van der Waals surface area (Å²) in [5, 5.41) is 14.0. The van der Waals surface area contributed by atoms with E-state index in [2.05, 4.69) is 16.6 Å². The molecule has 0 aliphatic heterocycles. The van der Waals surface area contributed by atoms with Crippen LogP contribution >= 0.6 is 11.8 Å². The Morgan fingerprint density at radius 2 is 2.11 bits per heavy atom. The Kier molecular flexibility index (Phi) is 8.93. The zero-order valence-corrected chi connectivity index (χ0v) is 11.5. The summed E-state index contributed by atoms with van der Waals surface area (Å²) in [5.41, 5.74) is 0. The van der Waals surface area contributed by atoms with E-state index in [1.54, 1.807) is 0 Å². The van der Waals surface area contributed by atoms with Gasteiger partial charge in [-0.1, -0.05) is 19.8 Å². The topological polar surface area (TPSA) is 78.4 Å². The van der Waals surface area contributed by atoms with E-state index in [9.17, 15) is 9.59 Å². The molecule has 0 bridgehead atoms. The summed E-state index contributed by atoms with van der Waals surface area (Å²) in [5.74, 6) is 2.99. The van der Waals surface area contributed by atoms with Crippen molar-refractivity contribution in [3.63, 3.8) is 0 Å². The molecule has 0 heterocycles. The van der Waals surface area contributed by atoms with Crippen molar-refractivity contribution in [1.82, 2.24) is 10.6 Å². The molecule has 0 aliphatic rings. The average Bonchev–Trinajstić information content (AvgIpc) is 2.27. The molecule has 6 heteroatoms. The van der Waals surface area contributed by atoms with Crippen molar-refractivity contribution < 1.29 is 14.7 Å². The van der Waals surface area contributed by atoms with Crippen molar-refractivity contribution in [3.05, 3.63) is 0 Å². The van der Waals surface area contributed by atoms with Gasteiger partial charge in [0.05, 0.1) is 5.75 Å². The zero-order valence-electron chi connectivity index (χ0n) is 10.7. The molecule has 0 aromatic carbocycles. The lowest BCUT2D eigenvalue weighted by Crippen LogP contribution is -2.47. The third-order valence-electron chi connectivity index (χ3n) is 2.03. The van der Waals surface area contributed by atoms with E-state index in [1.165, 1.54) is 11.8 Å². The fourth-order valence-electron chi connectivity index (χ4n) is 1.27. The van der Waals surface area contributed by atoms with Gasteiger partial charge in [-0.25, -0.2) is 9.59 Å². The van der Waals surface area contributed by atoms with E-state index in [0.29, 0.717) is 24.5 Å². The Morgan fingerprint density at radius 3 is 2.61 bits per heavy atom. The Balaban J connectivity index is 3.89. The number of rotatable bonds is 8. The zero-order chi connectivity index (χ0) is 14.0. The van der Waals surface area contributed by atoms with Gasteiger partial charge < -0.3 is 15.7 Å². The van der Waals surface area contributed by atoms with Crippen LogP contribution in [0.15, 0.2) is 0 Å². The molecule has 0 unspecified atom stereocenters. The first-order chi connectivity index (χ1) is 8.47. The summed E-state index contributed by atoms with van der Waals surface area (Å²) < 4.78 is 0. The largest absolute Gasteiger partial charge is 0.480 e. The maximum absolute atomic E-state index is 11.4. The number of carbonyl (C=O) groups excluding carboxylic acids is 1. The van der Waals surface area contributed by atoms with Crippen LogP contribution in [0.3, 0.4) is 0 Å². The van der Waals surface area contributed by atoms with Crippen molar-refractivity contribution in [2.75, 3.05) is 18.1 Å². The summed E-state index contributed by atoms with van der Waals surface area (Å²) in [7, 11) is 0. The smallest absolute Gasteiger partial charge is 0.326 e. The van der Waals surface area contributed by atoms with E-state index in [1.807, 2.05) is 13.8 Å². The molecular weight excluding hydrogens is 252 g/mol. The van der Waals surface area contributed by atoms with Gasteiger partial charge in [-0.15, -0.1) is 18.2 Å². The van der Waals surface area contributed by atoms with Crippen LogP contribution in [0.1, 0.15) is 20.3 Å². The van der Waals surface area contributed by atoms with Crippen LogP contribution in [0.25, 0.3) is 0 Å². The van der Waals surface area contributed by atoms with Crippen LogP contribution in [0.4, 0.5) is 4.79 Å². The fraction of sp³-hybridized carbons (Fsp3) is 0.667. The number of urea groups is 1. The standard InChI is InChI=1S/C12H20N2O3S/c1-4-6-18-7-5-13-12(17)14-10(11(15)16)8-9(2)3/h1,9-10H,5-8H2,2-3H3,(H,15,16)(H2,13,14,17)/t10-/m0/s1. The third-order valence-corrected chi connectivity index (χ3v) is 2.89. The van der Waals surface area contributed by atoms with E-state index in [0.717, 1.165) is 0 Å². The van der Waals surface area contributed by atoms with Crippen LogP contribution < -0.4 is 10.6 Å². The van der Waals surface area contributed by atoms with Crippen LogP contribution in [0, 0.1) is 18.3 Å². The summed E-state index contributed by atoms with van der Waals surface area (Å²) in [6, 6.07) is -1.30. The van der Waals surface area contributed by atoms with Gasteiger partial charge in [0.2, 0.25) is 0 Å². The molecule has 0 aromatic rings. The van der Waals surface area contributed by atoms with Gasteiger partial charge in [-0.3, -0.25) is 0 Å². The first-order valence-corrected chi connectivity index (χ1v) is 6.91. The fourth-order valence-corrected chi connectivity index (χ4v) is 1.78. The lowest BCUT2D eigenvalue weighted by Gasteiger charge is -2.16. The van der Waals surface area contributed by atoms with Crippen LogP contribution in [0.2, 0.25) is 0 Å². The van der Waals surface area contributed by atoms with Crippen molar-refractivity contribution in [2.45, 2.75) is 26.3 Å². The highest BCUT2D eigenvalue weighted by Crippen LogP contribution is 2.04. The Bertz CT molecular complexity index is 313. The van der Waals surface area contributed by atoms with E-state index < -0.39 is 18.0 Å². The minimum Gasteiger partial charge on any atom is -0.480 e. The van der Waals surface area contributed by atoms with E-state index >= 15 is 0 Å². The lowest BCUT2D eigenvalue weighted by molar-refractivity contribution is -0.139. The summed E-state index contributed by atoms with van der Waals surface area (Å²) in [6.07, 6.45) is 5.49. The highest BCUT2D eigenvalue weighted by Gasteiger charge is 2.20. The number of carbonyl (C=O) groups is 2.